The van der Waals surface area contributed by atoms with Crippen molar-refractivity contribution < 1.29 is 13.6 Å². The molecule has 1 aliphatic rings. The second-order valence-electron chi connectivity index (χ2n) is 7.05. The van der Waals surface area contributed by atoms with Crippen LogP contribution in [0.25, 0.3) is 10.9 Å². The first kappa shape index (κ1) is 18.8. The van der Waals surface area contributed by atoms with E-state index >= 15 is 0 Å². The van der Waals surface area contributed by atoms with E-state index in [2.05, 4.69) is 16.4 Å². The molecule has 0 radical (unpaired) electrons. The molecule has 1 aliphatic heterocycles. The number of pyridine rings is 1. The van der Waals surface area contributed by atoms with Crippen LogP contribution in [0.2, 0.25) is 0 Å². The molecule has 2 aromatic carbocycles. The number of benzene rings is 2. The number of nitrogens with zero attached hydrogens (tertiary/aromatic N) is 3. The van der Waals surface area contributed by atoms with Gasteiger partial charge in [0.1, 0.15) is 17.7 Å². The van der Waals surface area contributed by atoms with Crippen LogP contribution >= 0.6 is 0 Å². The van der Waals surface area contributed by atoms with Crippen molar-refractivity contribution in [3.8, 4) is 6.07 Å². The van der Waals surface area contributed by atoms with Crippen LogP contribution in [0, 0.1) is 28.9 Å². The third kappa shape index (κ3) is 3.87. The number of rotatable bonds is 3. The van der Waals surface area contributed by atoms with Gasteiger partial charge in [0.05, 0.1) is 16.8 Å². The lowest BCUT2D eigenvalue weighted by Gasteiger charge is -2.34. The molecule has 0 spiro atoms. The van der Waals surface area contributed by atoms with E-state index in [4.69, 9.17) is 0 Å². The highest BCUT2D eigenvalue weighted by Crippen LogP contribution is 2.33. The Bertz CT molecular complexity index is 1120. The molecule has 4 rings (SSSR count). The number of carbonyl (C=O) groups excluding carboxylic acids is 1. The van der Waals surface area contributed by atoms with E-state index in [9.17, 15) is 18.8 Å². The van der Waals surface area contributed by atoms with Crippen molar-refractivity contribution in [2.75, 3.05) is 23.3 Å². The number of carbonyl (C=O) groups is 1. The highest BCUT2D eigenvalue weighted by atomic mass is 19.1. The van der Waals surface area contributed by atoms with Crippen molar-refractivity contribution in [3.05, 3.63) is 65.9 Å². The molecule has 2 heterocycles. The smallest absolute Gasteiger partial charge is 0.227 e. The van der Waals surface area contributed by atoms with Crippen LogP contribution in [0.4, 0.5) is 20.2 Å². The van der Waals surface area contributed by atoms with Crippen LogP contribution in [0.3, 0.4) is 0 Å². The largest absolute Gasteiger partial charge is 0.370 e. The molecule has 5 nitrogen and oxygen atoms in total. The third-order valence-electron chi connectivity index (χ3n) is 5.20. The quantitative estimate of drug-likeness (QED) is 0.724. The summed E-state index contributed by atoms with van der Waals surface area (Å²) in [5.41, 5.74) is 2.08. The number of nitrogens with one attached hydrogen (secondary N) is 1. The Kier molecular flexibility index (Phi) is 5.09. The Morgan fingerprint density at radius 2 is 1.90 bits per heavy atom. The first-order valence-electron chi connectivity index (χ1n) is 9.35. The SMILES string of the molecule is N#Cc1cnc2ccc(F)cc2c1N1CCC(C(=O)Nc2cccc(F)c2)CC1. The molecule has 1 aromatic heterocycles. The second-order valence-corrected chi connectivity index (χ2v) is 7.05. The van der Waals surface area contributed by atoms with Crippen LogP contribution in [0.1, 0.15) is 18.4 Å². The first-order chi connectivity index (χ1) is 14.0. The van der Waals surface area contributed by atoms with Crippen molar-refractivity contribution >= 4 is 28.2 Å². The average Bonchev–Trinajstić information content (AvgIpc) is 2.73. The predicted octanol–water partition coefficient (Wildman–Crippen LogP) is 4.24. The number of piperidine rings is 1. The number of hydrogen-bond acceptors (Lipinski definition) is 4. The van der Waals surface area contributed by atoms with Gasteiger partial charge in [0.15, 0.2) is 0 Å². The van der Waals surface area contributed by atoms with Gasteiger partial charge in [-0.05, 0) is 49.2 Å². The van der Waals surface area contributed by atoms with E-state index < -0.39 is 5.82 Å². The van der Waals surface area contributed by atoms with Gasteiger partial charge in [-0.25, -0.2) is 8.78 Å². The Balaban J connectivity index is 1.52. The topological polar surface area (TPSA) is 69.0 Å². The Morgan fingerprint density at radius 3 is 2.62 bits per heavy atom. The van der Waals surface area contributed by atoms with Crippen LogP contribution in [0.15, 0.2) is 48.7 Å². The summed E-state index contributed by atoms with van der Waals surface area (Å²) in [5, 5.41) is 12.8. The maximum Gasteiger partial charge on any atom is 0.227 e. The van der Waals surface area contributed by atoms with Crippen molar-refractivity contribution in [3.63, 3.8) is 0 Å². The molecule has 29 heavy (non-hydrogen) atoms. The van der Waals surface area contributed by atoms with E-state index in [0.717, 1.165) is 0 Å². The molecule has 0 atom stereocenters. The summed E-state index contributed by atoms with van der Waals surface area (Å²) in [6, 6.07) is 12.3. The summed E-state index contributed by atoms with van der Waals surface area (Å²) in [5.74, 6) is -1.16. The lowest BCUT2D eigenvalue weighted by molar-refractivity contribution is -0.120. The van der Waals surface area contributed by atoms with E-state index in [1.165, 1.54) is 30.5 Å². The van der Waals surface area contributed by atoms with Gasteiger partial charge in [0.2, 0.25) is 5.91 Å². The number of nitriles is 1. The Labute approximate surface area is 166 Å². The average molecular weight is 392 g/mol. The van der Waals surface area contributed by atoms with Gasteiger partial charge >= 0.3 is 0 Å². The zero-order valence-corrected chi connectivity index (χ0v) is 15.5. The summed E-state index contributed by atoms with van der Waals surface area (Å²) in [6.45, 7) is 1.09. The minimum atomic E-state index is -0.404. The summed E-state index contributed by atoms with van der Waals surface area (Å²) in [4.78, 5) is 18.8. The third-order valence-corrected chi connectivity index (χ3v) is 5.20. The van der Waals surface area contributed by atoms with Crippen molar-refractivity contribution in [2.45, 2.75) is 12.8 Å². The highest BCUT2D eigenvalue weighted by Gasteiger charge is 2.27. The van der Waals surface area contributed by atoms with Crippen molar-refractivity contribution in [2.24, 2.45) is 5.92 Å². The van der Waals surface area contributed by atoms with E-state index in [-0.39, 0.29) is 17.6 Å². The van der Waals surface area contributed by atoms with Crippen LogP contribution in [-0.2, 0) is 4.79 Å². The molecule has 0 saturated carbocycles. The van der Waals surface area contributed by atoms with E-state index in [1.807, 2.05) is 4.90 Å². The van der Waals surface area contributed by atoms with E-state index in [0.29, 0.717) is 53.8 Å². The standard InChI is InChI=1S/C22H18F2N4O/c23-16-2-1-3-18(10-16)27-22(29)14-6-8-28(9-7-14)21-15(12-25)13-26-20-5-4-17(24)11-19(20)21/h1-5,10-11,13-14H,6-9H2,(H,27,29). The molecule has 3 aromatic rings. The first-order valence-corrected chi connectivity index (χ1v) is 9.35. The molecule has 1 amide bonds. The number of hydrogen-bond donors (Lipinski definition) is 1. The molecular weight excluding hydrogens is 374 g/mol. The molecule has 0 bridgehead atoms. The van der Waals surface area contributed by atoms with Gasteiger partial charge < -0.3 is 10.2 Å². The fraction of sp³-hybridized carbons (Fsp3) is 0.227. The van der Waals surface area contributed by atoms with Gasteiger partial charge in [0, 0.05) is 36.3 Å². The minimum Gasteiger partial charge on any atom is -0.370 e. The number of halogens is 2. The summed E-state index contributed by atoms with van der Waals surface area (Å²) in [6.07, 6.45) is 2.65. The molecule has 1 fully saturated rings. The number of fused-ring (bicyclic) bond motifs is 1. The molecule has 146 valence electrons. The maximum absolute atomic E-state index is 13.8. The maximum atomic E-state index is 13.8. The van der Waals surface area contributed by atoms with Crippen LogP contribution < -0.4 is 10.2 Å². The van der Waals surface area contributed by atoms with Gasteiger partial charge in [-0.2, -0.15) is 5.26 Å². The molecule has 0 unspecified atom stereocenters. The second kappa shape index (κ2) is 7.84. The van der Waals surface area contributed by atoms with Gasteiger partial charge in [0.25, 0.3) is 0 Å². The summed E-state index contributed by atoms with van der Waals surface area (Å²) < 4.78 is 27.1. The van der Waals surface area contributed by atoms with Gasteiger partial charge in [-0.1, -0.05) is 6.07 Å². The van der Waals surface area contributed by atoms with Gasteiger partial charge in [-0.15, -0.1) is 0 Å². The Morgan fingerprint density at radius 1 is 1.14 bits per heavy atom. The fourth-order valence-electron chi connectivity index (χ4n) is 3.75. The number of anilines is 2. The van der Waals surface area contributed by atoms with Crippen molar-refractivity contribution in [1.82, 2.24) is 4.98 Å². The lowest BCUT2D eigenvalue weighted by atomic mass is 9.94. The molecule has 0 aliphatic carbocycles. The summed E-state index contributed by atoms with van der Waals surface area (Å²) >= 11 is 0. The lowest BCUT2D eigenvalue weighted by Crippen LogP contribution is -2.38. The number of aromatic nitrogens is 1. The van der Waals surface area contributed by atoms with Crippen molar-refractivity contribution in [1.29, 1.82) is 5.26 Å². The predicted molar refractivity (Wildman–Crippen MR) is 106 cm³/mol. The van der Waals surface area contributed by atoms with Gasteiger partial charge in [-0.3, -0.25) is 9.78 Å². The molecule has 7 heteroatoms. The zero-order valence-electron chi connectivity index (χ0n) is 15.5. The normalized spacial score (nSPS) is 14.6. The van der Waals surface area contributed by atoms with E-state index in [1.54, 1.807) is 18.2 Å². The Hall–Kier alpha value is -3.53. The highest BCUT2D eigenvalue weighted by molar-refractivity contribution is 5.95. The monoisotopic (exact) mass is 392 g/mol. The van der Waals surface area contributed by atoms with Crippen LogP contribution in [0.5, 0.6) is 0 Å². The minimum absolute atomic E-state index is 0.151. The molecule has 1 saturated heterocycles. The zero-order chi connectivity index (χ0) is 20.4. The number of amides is 1. The molecular formula is C22H18F2N4O. The summed E-state index contributed by atoms with van der Waals surface area (Å²) in [7, 11) is 0. The fourth-order valence-corrected chi connectivity index (χ4v) is 3.75. The van der Waals surface area contributed by atoms with Crippen LogP contribution in [-0.4, -0.2) is 24.0 Å². The molecule has 1 N–H and O–H groups in total.